The van der Waals surface area contributed by atoms with Crippen LogP contribution in [0.4, 0.5) is 5.82 Å². The molecular weight excluding hydrogens is 512 g/mol. The van der Waals surface area contributed by atoms with Crippen LogP contribution >= 0.6 is 23.4 Å². The Kier molecular flexibility index (Phi) is 8.71. The zero-order valence-electron chi connectivity index (χ0n) is 21.7. The Balaban J connectivity index is 1.39. The van der Waals surface area contributed by atoms with Crippen LogP contribution in [0.1, 0.15) is 49.6 Å². The van der Waals surface area contributed by atoms with Crippen molar-refractivity contribution in [2.45, 2.75) is 50.3 Å². The number of thioether (sulfide) groups is 1. The quantitative estimate of drug-likeness (QED) is 0.368. The molecule has 5 rings (SSSR count). The van der Waals surface area contributed by atoms with Gasteiger partial charge in [0.1, 0.15) is 24.9 Å². The van der Waals surface area contributed by atoms with Crippen molar-refractivity contribution in [2.24, 2.45) is 0 Å². The Bertz CT molecular complexity index is 1210. The Morgan fingerprint density at radius 1 is 1.22 bits per heavy atom. The highest BCUT2D eigenvalue weighted by Crippen LogP contribution is 2.42. The van der Waals surface area contributed by atoms with Gasteiger partial charge in [-0.1, -0.05) is 11.6 Å². The fraction of sp³-hybridized carbons (Fsp3) is 0.577. The van der Waals surface area contributed by atoms with Gasteiger partial charge in [0.15, 0.2) is 17.0 Å². The summed E-state index contributed by atoms with van der Waals surface area (Å²) in [6.07, 6.45) is 8.59. The van der Waals surface area contributed by atoms with E-state index in [-0.39, 0.29) is 12.3 Å². The second-order valence-corrected chi connectivity index (χ2v) is 10.7. The highest BCUT2D eigenvalue weighted by molar-refractivity contribution is 7.98. The van der Waals surface area contributed by atoms with Gasteiger partial charge in [0, 0.05) is 36.8 Å². The summed E-state index contributed by atoms with van der Waals surface area (Å²) >= 11 is 8.34. The number of imidazole rings is 1. The van der Waals surface area contributed by atoms with E-state index in [2.05, 4.69) is 38.3 Å². The molecule has 4 heterocycles. The molecule has 11 heteroatoms. The predicted octanol–water partition coefficient (Wildman–Crippen LogP) is 5.09. The summed E-state index contributed by atoms with van der Waals surface area (Å²) in [4.78, 5) is 17.1. The van der Waals surface area contributed by atoms with Crippen molar-refractivity contribution in [1.29, 1.82) is 0 Å². The lowest BCUT2D eigenvalue weighted by molar-refractivity contribution is -0.0298. The molecule has 2 saturated heterocycles. The molecule has 1 N–H and O–H groups in total. The fourth-order valence-electron chi connectivity index (χ4n) is 4.93. The zero-order valence-corrected chi connectivity index (χ0v) is 23.3. The molecule has 0 bridgehead atoms. The van der Waals surface area contributed by atoms with E-state index in [0.29, 0.717) is 12.4 Å². The van der Waals surface area contributed by atoms with E-state index in [0.717, 1.165) is 96.7 Å². The third-order valence-electron chi connectivity index (χ3n) is 7.06. The summed E-state index contributed by atoms with van der Waals surface area (Å²) in [5.41, 5.74) is 3.51. The summed E-state index contributed by atoms with van der Waals surface area (Å²) in [7, 11) is 0. The minimum absolute atomic E-state index is 0.0366. The largest absolute Gasteiger partial charge is 0.491 e. The van der Waals surface area contributed by atoms with Crippen LogP contribution in [-0.2, 0) is 9.47 Å². The molecule has 9 nitrogen and oxygen atoms in total. The van der Waals surface area contributed by atoms with Gasteiger partial charge in [0.05, 0.1) is 30.5 Å². The molecule has 0 saturated carbocycles. The van der Waals surface area contributed by atoms with E-state index in [9.17, 15) is 0 Å². The number of anilines is 1. The number of morpholine rings is 1. The third kappa shape index (κ3) is 5.83. The lowest BCUT2D eigenvalue weighted by Gasteiger charge is -2.27. The number of hydrogen-bond donors (Lipinski definition) is 1. The van der Waals surface area contributed by atoms with E-state index < -0.39 is 0 Å². The first-order valence-electron chi connectivity index (χ1n) is 12.9. The summed E-state index contributed by atoms with van der Waals surface area (Å²) < 4.78 is 19.9. The van der Waals surface area contributed by atoms with Crippen LogP contribution in [0.2, 0.25) is 5.02 Å². The summed E-state index contributed by atoms with van der Waals surface area (Å²) in [5, 5.41) is 4.28. The first-order valence-corrected chi connectivity index (χ1v) is 14.5. The number of hydrogen-bond acceptors (Lipinski definition) is 9. The molecule has 2 aliphatic heterocycles. The van der Waals surface area contributed by atoms with Crippen LogP contribution < -0.4 is 10.1 Å². The van der Waals surface area contributed by atoms with Crippen LogP contribution in [-0.4, -0.2) is 76.7 Å². The van der Waals surface area contributed by atoms with Gasteiger partial charge in [0.25, 0.3) is 0 Å². The molecular formula is C26H35ClN6O3S. The maximum Gasteiger partial charge on any atom is 0.167 e. The van der Waals surface area contributed by atoms with Crippen LogP contribution in [0.25, 0.3) is 11.2 Å². The maximum absolute atomic E-state index is 6.68. The molecule has 200 valence electrons. The molecule has 2 aromatic heterocycles. The van der Waals surface area contributed by atoms with E-state index >= 15 is 0 Å². The molecule has 2 unspecified atom stereocenters. The van der Waals surface area contributed by atoms with Crippen LogP contribution in [0, 0.1) is 6.92 Å². The highest BCUT2D eigenvalue weighted by atomic mass is 35.5. The Hall–Kier alpha value is -2.11. The molecule has 0 spiro atoms. The van der Waals surface area contributed by atoms with Gasteiger partial charge < -0.3 is 19.5 Å². The minimum atomic E-state index is -0.128. The van der Waals surface area contributed by atoms with Crippen molar-refractivity contribution in [3.8, 4) is 5.75 Å². The first-order chi connectivity index (χ1) is 18.1. The zero-order chi connectivity index (χ0) is 25.8. The Labute approximate surface area is 227 Å². The lowest BCUT2D eigenvalue weighted by atomic mass is 10.0. The van der Waals surface area contributed by atoms with Crippen LogP contribution in [0.3, 0.4) is 0 Å². The SMILES string of the molecule is CSc1c(C)c(Cl)cc(C(C)Nc2ncnc3c2ncn3C2CCCCO2)c1OCCN1CCOCC1. The topological polar surface area (TPSA) is 86.6 Å². The van der Waals surface area contributed by atoms with Gasteiger partial charge in [0.2, 0.25) is 0 Å². The van der Waals surface area contributed by atoms with Gasteiger partial charge >= 0.3 is 0 Å². The lowest BCUT2D eigenvalue weighted by Crippen LogP contribution is -2.38. The molecule has 2 atom stereocenters. The number of rotatable bonds is 9. The Morgan fingerprint density at radius 2 is 2.05 bits per heavy atom. The van der Waals surface area contributed by atoms with Crippen molar-refractivity contribution in [2.75, 3.05) is 57.6 Å². The molecule has 2 aliphatic rings. The first kappa shape index (κ1) is 26.5. The molecule has 37 heavy (non-hydrogen) atoms. The van der Waals surface area contributed by atoms with E-state index in [1.165, 1.54) is 0 Å². The fourth-order valence-corrected chi connectivity index (χ4v) is 5.98. The summed E-state index contributed by atoms with van der Waals surface area (Å²) in [6, 6.07) is 1.88. The molecule has 0 amide bonds. The smallest absolute Gasteiger partial charge is 0.167 e. The number of nitrogens with one attached hydrogen (secondary N) is 1. The summed E-state index contributed by atoms with van der Waals surface area (Å²) in [5.74, 6) is 1.54. The number of halogens is 1. The Morgan fingerprint density at radius 3 is 2.81 bits per heavy atom. The molecule has 3 aromatic rings. The van der Waals surface area contributed by atoms with E-state index in [1.807, 2.05) is 17.6 Å². The van der Waals surface area contributed by atoms with Gasteiger partial charge in [-0.15, -0.1) is 11.8 Å². The van der Waals surface area contributed by atoms with E-state index in [4.69, 9.17) is 25.8 Å². The predicted molar refractivity (Wildman–Crippen MR) is 147 cm³/mol. The molecule has 0 radical (unpaired) electrons. The van der Waals surface area contributed by atoms with Gasteiger partial charge in [-0.25, -0.2) is 15.0 Å². The number of aromatic nitrogens is 4. The summed E-state index contributed by atoms with van der Waals surface area (Å²) in [6.45, 7) is 9.77. The molecule has 1 aromatic carbocycles. The number of benzene rings is 1. The minimum Gasteiger partial charge on any atom is -0.491 e. The van der Waals surface area contributed by atoms with Gasteiger partial charge in [-0.3, -0.25) is 9.47 Å². The number of ether oxygens (including phenoxy) is 3. The van der Waals surface area contributed by atoms with Crippen molar-refractivity contribution in [1.82, 2.24) is 24.4 Å². The number of nitrogens with zero attached hydrogens (tertiary/aromatic N) is 5. The van der Waals surface area contributed by atoms with Crippen LogP contribution in [0.5, 0.6) is 5.75 Å². The average Bonchev–Trinajstić information content (AvgIpc) is 3.37. The van der Waals surface area contributed by atoms with Crippen molar-refractivity contribution in [3.63, 3.8) is 0 Å². The highest BCUT2D eigenvalue weighted by Gasteiger charge is 2.24. The van der Waals surface area contributed by atoms with Crippen LogP contribution in [0.15, 0.2) is 23.6 Å². The second kappa shape index (κ2) is 12.2. The van der Waals surface area contributed by atoms with Crippen molar-refractivity contribution >= 4 is 40.3 Å². The van der Waals surface area contributed by atoms with Crippen molar-refractivity contribution < 1.29 is 14.2 Å². The normalized spacial score (nSPS) is 19.7. The number of fused-ring (bicyclic) bond motifs is 1. The second-order valence-electron chi connectivity index (χ2n) is 9.47. The monoisotopic (exact) mass is 546 g/mol. The van der Waals surface area contributed by atoms with E-state index in [1.54, 1.807) is 24.4 Å². The standard InChI is InChI=1S/C26H35ClN6O3S/c1-17-20(27)14-19(23(24(17)37-3)36-13-9-32-7-11-34-12-8-32)18(2)31-25-22-26(29-15-28-25)33(16-30-22)21-6-4-5-10-35-21/h14-16,18,21H,4-13H2,1-3H3,(H,28,29,31). The average molecular weight is 547 g/mol. The van der Waals surface area contributed by atoms with Gasteiger partial charge in [-0.05, 0) is 51.0 Å². The van der Waals surface area contributed by atoms with Gasteiger partial charge in [-0.2, -0.15) is 0 Å². The third-order valence-corrected chi connectivity index (χ3v) is 8.35. The molecule has 0 aliphatic carbocycles. The van der Waals surface area contributed by atoms with Crippen molar-refractivity contribution in [3.05, 3.63) is 34.9 Å². The maximum atomic E-state index is 6.68. The molecule has 2 fully saturated rings.